The van der Waals surface area contributed by atoms with Gasteiger partial charge in [0.1, 0.15) is 17.1 Å². The number of carboxylic acid groups (broad SMARTS) is 1. The lowest BCUT2D eigenvalue weighted by molar-refractivity contribution is 0.0695. The number of carbonyl (C=O) groups is 1. The quantitative estimate of drug-likeness (QED) is 0.925. The molecule has 4 nitrogen and oxygen atoms in total. The topological polar surface area (TPSA) is 63.3 Å². The monoisotopic (exact) mass is 297 g/mol. The molecule has 0 amide bonds. The predicted molar refractivity (Wildman–Crippen MR) is 72.4 cm³/mol. The molecule has 6 heteroatoms. The van der Waals surface area contributed by atoms with Crippen molar-refractivity contribution < 1.29 is 18.8 Å². The highest BCUT2D eigenvalue weighted by Crippen LogP contribution is 2.30. The van der Waals surface area contributed by atoms with Crippen LogP contribution < -0.4 is 0 Å². The fraction of sp³-hybridized carbons (Fsp3) is 0.286. The highest BCUT2D eigenvalue weighted by molar-refractivity contribution is 6.30. The SMILES string of the molecule is CC(C)Cc1onc(-c2ccc(Cl)cc2F)c1C(=O)O. The molecule has 0 spiro atoms. The van der Waals surface area contributed by atoms with Gasteiger partial charge in [-0.1, -0.05) is 30.6 Å². The highest BCUT2D eigenvalue weighted by Gasteiger charge is 2.25. The average Bonchev–Trinajstić information content (AvgIpc) is 2.71. The van der Waals surface area contributed by atoms with Crippen molar-refractivity contribution in [1.29, 1.82) is 0 Å². The van der Waals surface area contributed by atoms with Gasteiger partial charge >= 0.3 is 5.97 Å². The van der Waals surface area contributed by atoms with Crippen molar-refractivity contribution >= 4 is 17.6 Å². The Hall–Kier alpha value is -1.88. The highest BCUT2D eigenvalue weighted by atomic mass is 35.5. The number of hydrogen-bond acceptors (Lipinski definition) is 3. The molecule has 0 aliphatic heterocycles. The Bertz CT molecular complexity index is 652. The van der Waals surface area contributed by atoms with Crippen LogP contribution in [0.1, 0.15) is 30.0 Å². The first-order chi connectivity index (χ1) is 9.40. The van der Waals surface area contributed by atoms with Gasteiger partial charge in [-0.3, -0.25) is 0 Å². The second kappa shape index (κ2) is 5.63. The van der Waals surface area contributed by atoms with Gasteiger partial charge in [0.15, 0.2) is 5.76 Å². The summed E-state index contributed by atoms with van der Waals surface area (Å²) in [5.74, 6) is -1.38. The lowest BCUT2D eigenvalue weighted by Crippen LogP contribution is -2.04. The summed E-state index contributed by atoms with van der Waals surface area (Å²) < 4.78 is 19.0. The zero-order chi connectivity index (χ0) is 14.9. The average molecular weight is 298 g/mol. The van der Waals surface area contributed by atoms with Gasteiger partial charge in [0.25, 0.3) is 0 Å². The molecule has 106 valence electrons. The van der Waals surface area contributed by atoms with E-state index in [1.807, 2.05) is 13.8 Å². The summed E-state index contributed by atoms with van der Waals surface area (Å²) in [7, 11) is 0. The molecule has 1 heterocycles. The van der Waals surface area contributed by atoms with Gasteiger partial charge in [-0.05, 0) is 24.1 Å². The van der Waals surface area contributed by atoms with Crippen LogP contribution in [-0.4, -0.2) is 16.2 Å². The number of hydrogen-bond donors (Lipinski definition) is 1. The summed E-state index contributed by atoms with van der Waals surface area (Å²) in [5.41, 5.74) is -0.0483. The zero-order valence-electron chi connectivity index (χ0n) is 11.0. The van der Waals surface area contributed by atoms with Crippen LogP contribution in [-0.2, 0) is 6.42 Å². The van der Waals surface area contributed by atoms with E-state index in [0.29, 0.717) is 6.42 Å². The van der Waals surface area contributed by atoms with Crippen molar-refractivity contribution in [3.05, 3.63) is 40.4 Å². The molecule has 0 saturated carbocycles. The van der Waals surface area contributed by atoms with Crippen molar-refractivity contribution in [2.24, 2.45) is 5.92 Å². The first-order valence-corrected chi connectivity index (χ1v) is 6.45. The Morgan fingerprint density at radius 3 is 2.75 bits per heavy atom. The number of halogens is 2. The minimum Gasteiger partial charge on any atom is -0.477 e. The first-order valence-electron chi connectivity index (χ1n) is 6.07. The standard InChI is InChI=1S/C14H13ClFNO3/c1-7(2)5-11-12(14(18)19)13(17-20-11)9-4-3-8(15)6-10(9)16/h3-4,6-7H,5H2,1-2H3,(H,18,19). The van der Waals surface area contributed by atoms with Gasteiger partial charge in [-0.25, -0.2) is 9.18 Å². The Kier molecular flexibility index (Phi) is 4.09. The van der Waals surface area contributed by atoms with E-state index in [-0.39, 0.29) is 33.5 Å². The number of aromatic carboxylic acids is 1. The summed E-state index contributed by atoms with van der Waals surface area (Å²) in [5, 5.41) is 13.2. The Morgan fingerprint density at radius 2 is 2.20 bits per heavy atom. The molecule has 0 bridgehead atoms. The molecule has 0 aliphatic rings. The van der Waals surface area contributed by atoms with Crippen LogP contribution >= 0.6 is 11.6 Å². The fourth-order valence-electron chi connectivity index (χ4n) is 1.92. The number of carboxylic acids is 1. The van der Waals surface area contributed by atoms with E-state index in [9.17, 15) is 14.3 Å². The molecule has 0 fully saturated rings. The second-order valence-corrected chi connectivity index (χ2v) is 5.29. The first kappa shape index (κ1) is 14.5. The maximum Gasteiger partial charge on any atom is 0.341 e. The van der Waals surface area contributed by atoms with Gasteiger partial charge in [0.05, 0.1) is 0 Å². The lowest BCUT2D eigenvalue weighted by atomic mass is 10.0. The molecule has 1 aromatic heterocycles. The smallest absolute Gasteiger partial charge is 0.341 e. The Morgan fingerprint density at radius 1 is 1.50 bits per heavy atom. The molecule has 1 N–H and O–H groups in total. The molecule has 0 saturated heterocycles. The molecule has 0 radical (unpaired) electrons. The van der Waals surface area contributed by atoms with Crippen LogP contribution in [0, 0.1) is 11.7 Å². The predicted octanol–water partition coefficient (Wildman–Crippen LogP) is 4.03. The van der Waals surface area contributed by atoms with Crippen LogP contribution in [0.25, 0.3) is 11.3 Å². The maximum absolute atomic E-state index is 13.9. The third-order valence-electron chi connectivity index (χ3n) is 2.76. The van der Waals surface area contributed by atoms with Gasteiger partial charge in [0.2, 0.25) is 0 Å². The zero-order valence-corrected chi connectivity index (χ0v) is 11.7. The second-order valence-electron chi connectivity index (χ2n) is 4.86. The molecule has 20 heavy (non-hydrogen) atoms. The lowest BCUT2D eigenvalue weighted by Gasteiger charge is -2.03. The fourth-order valence-corrected chi connectivity index (χ4v) is 2.08. The van der Waals surface area contributed by atoms with Gasteiger partial charge in [-0.15, -0.1) is 0 Å². The van der Waals surface area contributed by atoms with E-state index >= 15 is 0 Å². The van der Waals surface area contributed by atoms with E-state index in [0.717, 1.165) is 6.07 Å². The summed E-state index contributed by atoms with van der Waals surface area (Å²) in [4.78, 5) is 11.4. The molecule has 0 unspecified atom stereocenters. The van der Waals surface area contributed by atoms with Crippen LogP contribution in [0.5, 0.6) is 0 Å². The number of benzene rings is 1. The minimum atomic E-state index is -1.19. The molecule has 1 aromatic carbocycles. The third-order valence-corrected chi connectivity index (χ3v) is 2.99. The van der Waals surface area contributed by atoms with Crippen molar-refractivity contribution in [3.63, 3.8) is 0 Å². The molecule has 2 aromatic rings. The number of aromatic nitrogens is 1. The molecule has 2 rings (SSSR count). The van der Waals surface area contributed by atoms with Gasteiger partial charge < -0.3 is 9.63 Å². The third kappa shape index (κ3) is 2.82. The Balaban J connectivity index is 2.56. The molecular formula is C14H13ClFNO3. The molecule has 0 aliphatic carbocycles. The number of rotatable bonds is 4. The van der Waals surface area contributed by atoms with Crippen molar-refractivity contribution in [2.75, 3.05) is 0 Å². The van der Waals surface area contributed by atoms with E-state index in [4.69, 9.17) is 16.1 Å². The van der Waals surface area contributed by atoms with Crippen molar-refractivity contribution in [3.8, 4) is 11.3 Å². The summed E-state index contributed by atoms with van der Waals surface area (Å²) >= 11 is 5.68. The van der Waals surface area contributed by atoms with Crippen LogP contribution in [0.15, 0.2) is 22.7 Å². The van der Waals surface area contributed by atoms with Crippen LogP contribution in [0.4, 0.5) is 4.39 Å². The summed E-state index contributed by atoms with van der Waals surface area (Å²) in [6, 6.07) is 3.98. The van der Waals surface area contributed by atoms with Gasteiger partial charge in [-0.2, -0.15) is 0 Å². The van der Waals surface area contributed by atoms with Crippen molar-refractivity contribution in [1.82, 2.24) is 5.16 Å². The minimum absolute atomic E-state index is 0.0117. The summed E-state index contributed by atoms with van der Waals surface area (Å²) in [6.45, 7) is 3.85. The van der Waals surface area contributed by atoms with E-state index in [2.05, 4.69) is 5.16 Å². The normalized spacial score (nSPS) is 11.1. The largest absolute Gasteiger partial charge is 0.477 e. The van der Waals surface area contributed by atoms with E-state index < -0.39 is 11.8 Å². The number of nitrogens with zero attached hydrogens (tertiary/aromatic N) is 1. The van der Waals surface area contributed by atoms with E-state index in [1.165, 1.54) is 12.1 Å². The van der Waals surface area contributed by atoms with Gasteiger partial charge in [0, 0.05) is 17.0 Å². The van der Waals surface area contributed by atoms with Crippen LogP contribution in [0.2, 0.25) is 5.02 Å². The van der Waals surface area contributed by atoms with Crippen LogP contribution in [0.3, 0.4) is 0 Å². The summed E-state index contributed by atoms with van der Waals surface area (Å²) in [6.07, 6.45) is 0.420. The molecular weight excluding hydrogens is 285 g/mol. The van der Waals surface area contributed by atoms with E-state index in [1.54, 1.807) is 0 Å². The van der Waals surface area contributed by atoms with Crippen molar-refractivity contribution in [2.45, 2.75) is 20.3 Å². The molecule has 0 atom stereocenters. The Labute approximate surface area is 120 Å². The maximum atomic E-state index is 13.9.